The lowest BCUT2D eigenvalue weighted by molar-refractivity contribution is -0.137. The van der Waals surface area contributed by atoms with Crippen molar-refractivity contribution >= 4 is 44.4 Å². The summed E-state index contributed by atoms with van der Waals surface area (Å²) >= 11 is 0.706. The van der Waals surface area contributed by atoms with Crippen molar-refractivity contribution in [1.29, 1.82) is 0 Å². The summed E-state index contributed by atoms with van der Waals surface area (Å²) in [6.07, 6.45) is 0.674. The van der Waals surface area contributed by atoms with Crippen LogP contribution in [0.5, 0.6) is 0 Å². The van der Waals surface area contributed by atoms with Crippen LogP contribution in [0.2, 0.25) is 0 Å². The summed E-state index contributed by atoms with van der Waals surface area (Å²) in [6, 6.07) is 7.28. The molecule has 2 aromatic heterocycles. The molecule has 1 amide bonds. The fourth-order valence-corrected chi connectivity index (χ4v) is 8.95. The van der Waals surface area contributed by atoms with Gasteiger partial charge in [0.15, 0.2) is 9.84 Å². The zero-order valence-corrected chi connectivity index (χ0v) is 25.9. The SMILES string of the molecule is CN1CCS(=O)(=O)c2cc(-c3nc(Nc4ccc(N5CCN(CC6CC6)CC5)cc4C4CC4)ncc3C(F)(F)F)sc2C1=O. The number of thiophene rings is 1. The second kappa shape index (κ2) is 11.0. The quantitative estimate of drug-likeness (QED) is 0.373. The summed E-state index contributed by atoms with van der Waals surface area (Å²) < 4.78 is 68.1. The van der Waals surface area contributed by atoms with E-state index in [0.717, 1.165) is 67.9 Å². The van der Waals surface area contributed by atoms with Gasteiger partial charge in [-0.05, 0) is 67.3 Å². The number of aromatic nitrogens is 2. The van der Waals surface area contributed by atoms with Gasteiger partial charge < -0.3 is 15.1 Å². The lowest BCUT2D eigenvalue weighted by Gasteiger charge is -2.36. The molecule has 2 saturated carbocycles. The van der Waals surface area contributed by atoms with Crippen LogP contribution in [0.25, 0.3) is 10.6 Å². The Hall–Kier alpha value is -3.23. The van der Waals surface area contributed by atoms with Crippen LogP contribution in [0.1, 0.15) is 52.4 Å². The average molecular weight is 647 g/mol. The monoisotopic (exact) mass is 646 g/mol. The second-order valence-corrected chi connectivity index (χ2v) is 15.3. The number of nitrogens with one attached hydrogen (secondary N) is 1. The van der Waals surface area contributed by atoms with Crippen LogP contribution in [-0.4, -0.2) is 86.2 Å². The van der Waals surface area contributed by atoms with E-state index in [0.29, 0.717) is 23.5 Å². The number of carbonyl (C=O) groups is 1. The first-order chi connectivity index (χ1) is 21.0. The van der Waals surface area contributed by atoms with Gasteiger partial charge in [0, 0.05) is 63.9 Å². The van der Waals surface area contributed by atoms with Gasteiger partial charge in [-0.25, -0.2) is 18.4 Å². The Bertz CT molecular complexity index is 1710. The van der Waals surface area contributed by atoms with Gasteiger partial charge in [-0.3, -0.25) is 9.69 Å². The molecule has 1 N–H and O–H groups in total. The summed E-state index contributed by atoms with van der Waals surface area (Å²) in [6.45, 7) is 5.17. The number of hydrogen-bond acceptors (Lipinski definition) is 9. The largest absolute Gasteiger partial charge is 0.420 e. The van der Waals surface area contributed by atoms with Crippen molar-refractivity contribution in [2.24, 2.45) is 5.92 Å². The molecule has 1 saturated heterocycles. The number of piperazine rings is 1. The number of amides is 1. The van der Waals surface area contributed by atoms with E-state index < -0.39 is 33.2 Å². The highest BCUT2D eigenvalue weighted by Crippen LogP contribution is 2.46. The molecule has 0 spiro atoms. The molecule has 7 rings (SSSR count). The molecular weight excluding hydrogens is 613 g/mol. The fourth-order valence-electron chi connectivity index (χ4n) is 5.92. The molecule has 0 radical (unpaired) electrons. The van der Waals surface area contributed by atoms with Gasteiger partial charge in [-0.1, -0.05) is 0 Å². The third kappa shape index (κ3) is 5.91. The number of fused-ring (bicyclic) bond motifs is 1. The Kier molecular flexibility index (Phi) is 7.36. The van der Waals surface area contributed by atoms with Crippen molar-refractivity contribution in [2.75, 3.05) is 62.3 Å². The summed E-state index contributed by atoms with van der Waals surface area (Å²) in [5.41, 5.74) is 1.38. The van der Waals surface area contributed by atoms with Gasteiger partial charge in [0.1, 0.15) is 10.4 Å². The van der Waals surface area contributed by atoms with Crippen LogP contribution in [-0.2, 0) is 16.0 Å². The number of carbonyl (C=O) groups excluding carboxylic acids is 1. The van der Waals surface area contributed by atoms with E-state index in [9.17, 15) is 26.4 Å². The van der Waals surface area contributed by atoms with Crippen molar-refractivity contribution in [2.45, 2.75) is 42.7 Å². The number of anilines is 3. The first kappa shape index (κ1) is 29.5. The molecule has 3 aromatic rings. The van der Waals surface area contributed by atoms with Gasteiger partial charge in [0.05, 0.1) is 21.2 Å². The van der Waals surface area contributed by atoms with Crippen LogP contribution in [0.15, 0.2) is 35.4 Å². The maximum absolute atomic E-state index is 14.1. The van der Waals surface area contributed by atoms with Crippen molar-refractivity contribution in [1.82, 2.24) is 19.8 Å². The van der Waals surface area contributed by atoms with E-state index in [1.807, 2.05) is 12.1 Å². The Balaban J connectivity index is 1.19. The molecule has 0 bridgehead atoms. The Morgan fingerprint density at radius 2 is 1.80 bits per heavy atom. The Labute approximate surface area is 258 Å². The lowest BCUT2D eigenvalue weighted by Crippen LogP contribution is -2.47. The first-order valence-corrected chi connectivity index (χ1v) is 17.4. The first-order valence-electron chi connectivity index (χ1n) is 14.9. The predicted octanol–water partition coefficient (Wildman–Crippen LogP) is 5.24. The Morgan fingerprint density at radius 1 is 1.05 bits per heavy atom. The van der Waals surface area contributed by atoms with Crippen LogP contribution in [0, 0.1) is 5.92 Å². The average Bonchev–Trinajstić information content (AvgIpc) is 3.94. The molecule has 0 atom stereocenters. The minimum Gasteiger partial charge on any atom is -0.369 e. The van der Waals surface area contributed by atoms with Crippen molar-refractivity contribution in [3.8, 4) is 10.6 Å². The van der Waals surface area contributed by atoms with Gasteiger partial charge in [0.25, 0.3) is 5.91 Å². The molecule has 0 unspecified atom stereocenters. The topological polar surface area (TPSA) is 98.7 Å². The van der Waals surface area contributed by atoms with E-state index in [-0.39, 0.29) is 32.9 Å². The third-order valence-electron chi connectivity index (χ3n) is 8.85. The molecule has 9 nitrogen and oxygen atoms in total. The summed E-state index contributed by atoms with van der Waals surface area (Å²) in [5.74, 6) is 0.331. The summed E-state index contributed by atoms with van der Waals surface area (Å²) in [7, 11) is -2.39. The van der Waals surface area contributed by atoms with Crippen molar-refractivity contribution in [3.63, 3.8) is 0 Å². The molecule has 4 heterocycles. The second-order valence-electron chi connectivity index (χ2n) is 12.2. The van der Waals surface area contributed by atoms with Gasteiger partial charge >= 0.3 is 6.18 Å². The maximum atomic E-state index is 14.1. The lowest BCUT2D eigenvalue weighted by atomic mass is 10.1. The number of sulfone groups is 1. The maximum Gasteiger partial charge on any atom is 0.420 e. The third-order valence-corrected chi connectivity index (χ3v) is 11.8. The minimum atomic E-state index is -4.79. The molecule has 4 aliphatic rings. The van der Waals surface area contributed by atoms with E-state index in [4.69, 9.17) is 0 Å². The highest BCUT2D eigenvalue weighted by atomic mass is 32.2. The minimum absolute atomic E-state index is 0.00597. The molecule has 234 valence electrons. The molecule has 2 aliphatic carbocycles. The number of rotatable bonds is 7. The van der Waals surface area contributed by atoms with Crippen LogP contribution >= 0.6 is 11.3 Å². The van der Waals surface area contributed by atoms with E-state index in [2.05, 4.69) is 31.2 Å². The van der Waals surface area contributed by atoms with Gasteiger partial charge in [-0.15, -0.1) is 11.3 Å². The van der Waals surface area contributed by atoms with Gasteiger partial charge in [-0.2, -0.15) is 13.2 Å². The zero-order chi connectivity index (χ0) is 30.8. The molecular formula is C30H33F3N6O3S2. The zero-order valence-electron chi connectivity index (χ0n) is 24.2. The van der Waals surface area contributed by atoms with Crippen molar-refractivity contribution in [3.05, 3.63) is 46.5 Å². The number of hydrogen-bond donors (Lipinski definition) is 1. The molecule has 3 fully saturated rings. The number of alkyl halides is 3. The van der Waals surface area contributed by atoms with Crippen LogP contribution < -0.4 is 10.2 Å². The summed E-state index contributed by atoms with van der Waals surface area (Å²) in [4.78, 5) is 26.9. The highest BCUT2D eigenvalue weighted by molar-refractivity contribution is 7.91. The Morgan fingerprint density at radius 3 is 2.48 bits per heavy atom. The fraction of sp³-hybridized carbons (Fsp3) is 0.500. The molecule has 14 heteroatoms. The normalized spacial score (nSPS) is 20.9. The molecule has 2 aliphatic heterocycles. The van der Waals surface area contributed by atoms with Crippen LogP contribution in [0.3, 0.4) is 0 Å². The summed E-state index contributed by atoms with van der Waals surface area (Å²) in [5, 5.41) is 3.15. The van der Waals surface area contributed by atoms with E-state index in [1.54, 1.807) is 0 Å². The van der Waals surface area contributed by atoms with E-state index in [1.165, 1.54) is 31.3 Å². The molecule has 44 heavy (non-hydrogen) atoms. The number of benzene rings is 1. The van der Waals surface area contributed by atoms with Crippen molar-refractivity contribution < 1.29 is 26.4 Å². The highest BCUT2D eigenvalue weighted by Gasteiger charge is 2.38. The van der Waals surface area contributed by atoms with Crippen LogP contribution in [0.4, 0.5) is 30.5 Å². The van der Waals surface area contributed by atoms with E-state index >= 15 is 0 Å². The molecule has 1 aromatic carbocycles. The standard InChI is InChI=1S/C30H33F3N6O3S2/c1-37-12-13-44(41,42)25-15-24(43-27(25)28(37)40)26-22(30(31,32)33)16-34-29(36-26)35-23-7-6-20(14-21(23)19-4-5-19)39-10-8-38(9-11-39)17-18-2-3-18/h6-7,14-16,18-19H,2-5,8-13,17H2,1H3,(H,34,35,36). The van der Waals surface area contributed by atoms with Gasteiger partial charge in [0.2, 0.25) is 5.95 Å². The number of halogens is 3. The predicted molar refractivity (Wildman–Crippen MR) is 162 cm³/mol. The number of nitrogens with zero attached hydrogens (tertiary/aromatic N) is 5. The smallest absolute Gasteiger partial charge is 0.369 e.